The van der Waals surface area contributed by atoms with Crippen molar-refractivity contribution in [2.24, 2.45) is 5.10 Å². The lowest BCUT2D eigenvalue weighted by molar-refractivity contribution is -0.126. The number of benzene rings is 3. The van der Waals surface area contributed by atoms with Crippen LogP contribution in [0.1, 0.15) is 24.5 Å². The molecule has 170 valence electrons. The summed E-state index contributed by atoms with van der Waals surface area (Å²) in [5.41, 5.74) is 4.66. The van der Waals surface area contributed by atoms with E-state index in [0.29, 0.717) is 41.0 Å². The van der Waals surface area contributed by atoms with E-state index < -0.39 is 11.8 Å². The Hall–Kier alpha value is -3.84. The molecule has 0 saturated carbocycles. The molecule has 7 nitrogen and oxygen atoms in total. The lowest BCUT2D eigenvalue weighted by Gasteiger charge is -2.12. The molecule has 3 aromatic carbocycles. The van der Waals surface area contributed by atoms with Gasteiger partial charge in [0.2, 0.25) is 11.8 Å². The normalized spacial score (nSPS) is 10.6. The summed E-state index contributed by atoms with van der Waals surface area (Å²) in [7, 11) is 0. The van der Waals surface area contributed by atoms with Crippen molar-refractivity contribution in [1.82, 2.24) is 5.43 Å². The van der Waals surface area contributed by atoms with Gasteiger partial charge >= 0.3 is 0 Å². The summed E-state index contributed by atoms with van der Waals surface area (Å²) in [5.74, 6) is 0.205. The van der Waals surface area contributed by atoms with Crippen LogP contribution in [0, 0.1) is 0 Å². The number of hydrogen-bond donors (Lipinski definition) is 2. The molecule has 3 aromatic rings. The molecule has 0 aliphatic carbocycles. The van der Waals surface area contributed by atoms with Crippen LogP contribution in [0.2, 0.25) is 5.02 Å². The van der Waals surface area contributed by atoms with Crippen molar-refractivity contribution in [3.05, 3.63) is 88.9 Å². The van der Waals surface area contributed by atoms with Gasteiger partial charge in [-0.25, -0.2) is 5.43 Å². The van der Waals surface area contributed by atoms with Crippen LogP contribution in [-0.4, -0.2) is 24.6 Å². The molecule has 0 fully saturated rings. The fraction of sp³-hybridized carbons (Fsp3) is 0.160. The quantitative estimate of drug-likeness (QED) is 0.256. The van der Waals surface area contributed by atoms with E-state index in [2.05, 4.69) is 15.8 Å². The molecule has 0 unspecified atom stereocenters. The van der Waals surface area contributed by atoms with Crippen LogP contribution in [0.4, 0.5) is 5.69 Å². The summed E-state index contributed by atoms with van der Waals surface area (Å²) in [6.07, 6.45) is 1.13. The number of carbonyl (C=O) groups excluding carboxylic acids is 2. The van der Waals surface area contributed by atoms with Crippen LogP contribution in [0.5, 0.6) is 11.5 Å². The lowest BCUT2D eigenvalue weighted by atomic mass is 10.2. The molecule has 0 bridgehead atoms. The average molecular weight is 466 g/mol. The first-order valence-corrected chi connectivity index (χ1v) is 10.7. The average Bonchev–Trinajstić information content (AvgIpc) is 2.80. The van der Waals surface area contributed by atoms with Gasteiger partial charge < -0.3 is 14.8 Å². The van der Waals surface area contributed by atoms with Gasteiger partial charge in [0.15, 0.2) is 11.5 Å². The number of nitrogens with zero attached hydrogens (tertiary/aromatic N) is 1. The lowest BCUT2D eigenvalue weighted by Crippen LogP contribution is -2.24. The molecule has 0 aromatic heterocycles. The molecule has 8 heteroatoms. The van der Waals surface area contributed by atoms with E-state index in [-0.39, 0.29) is 6.42 Å². The summed E-state index contributed by atoms with van der Waals surface area (Å²) >= 11 is 5.91. The highest BCUT2D eigenvalue weighted by atomic mass is 35.5. The molecule has 0 saturated heterocycles. The topological polar surface area (TPSA) is 89.0 Å². The molecule has 0 heterocycles. The Balaban J connectivity index is 1.53. The predicted molar refractivity (Wildman–Crippen MR) is 129 cm³/mol. The SMILES string of the molecule is CCOc1cc(C=NNC(=O)CC(=O)Nc2ccccc2)ccc1OCc1ccc(Cl)cc1. The van der Waals surface area contributed by atoms with Crippen molar-refractivity contribution in [3.63, 3.8) is 0 Å². The van der Waals surface area contributed by atoms with E-state index >= 15 is 0 Å². The maximum Gasteiger partial charge on any atom is 0.249 e. The number of nitrogens with one attached hydrogen (secondary N) is 2. The molecule has 2 amide bonds. The van der Waals surface area contributed by atoms with Crippen LogP contribution in [0.25, 0.3) is 0 Å². The highest BCUT2D eigenvalue weighted by Gasteiger charge is 2.09. The second-order valence-corrected chi connectivity index (χ2v) is 7.37. The minimum absolute atomic E-state index is 0.339. The van der Waals surface area contributed by atoms with Crippen LogP contribution >= 0.6 is 11.6 Å². The number of anilines is 1. The first-order valence-electron chi connectivity index (χ1n) is 10.3. The zero-order chi connectivity index (χ0) is 23.5. The third-order valence-electron chi connectivity index (χ3n) is 4.36. The van der Waals surface area contributed by atoms with E-state index in [0.717, 1.165) is 5.56 Å². The van der Waals surface area contributed by atoms with Crippen LogP contribution in [-0.2, 0) is 16.2 Å². The van der Waals surface area contributed by atoms with Gasteiger partial charge in [0.25, 0.3) is 0 Å². The van der Waals surface area contributed by atoms with Crippen LogP contribution < -0.4 is 20.2 Å². The van der Waals surface area contributed by atoms with E-state index in [4.69, 9.17) is 21.1 Å². The Labute approximate surface area is 197 Å². The minimum Gasteiger partial charge on any atom is -0.490 e. The number of hydrazone groups is 1. The van der Waals surface area contributed by atoms with E-state index in [9.17, 15) is 9.59 Å². The van der Waals surface area contributed by atoms with Gasteiger partial charge in [-0.05, 0) is 60.5 Å². The summed E-state index contributed by atoms with van der Waals surface area (Å²) in [5, 5.41) is 7.24. The smallest absolute Gasteiger partial charge is 0.249 e. The largest absolute Gasteiger partial charge is 0.490 e. The molecule has 2 N–H and O–H groups in total. The Morgan fingerprint density at radius 3 is 2.42 bits per heavy atom. The van der Waals surface area contributed by atoms with E-state index in [1.165, 1.54) is 6.21 Å². The second kappa shape index (κ2) is 12.3. The first-order chi connectivity index (χ1) is 16.0. The molecule has 33 heavy (non-hydrogen) atoms. The van der Waals surface area contributed by atoms with Gasteiger partial charge in [-0.2, -0.15) is 5.10 Å². The molecule has 3 rings (SSSR count). The number of halogens is 1. The van der Waals surface area contributed by atoms with Crippen LogP contribution in [0.15, 0.2) is 77.9 Å². The molecule has 0 radical (unpaired) electrons. The van der Waals surface area contributed by atoms with E-state index in [1.54, 1.807) is 42.5 Å². The zero-order valence-electron chi connectivity index (χ0n) is 18.1. The van der Waals surface area contributed by atoms with Gasteiger partial charge in [-0.15, -0.1) is 0 Å². The van der Waals surface area contributed by atoms with Gasteiger partial charge in [0.1, 0.15) is 13.0 Å². The third kappa shape index (κ3) is 7.97. The zero-order valence-corrected chi connectivity index (χ0v) is 18.8. The number of ether oxygens (including phenoxy) is 2. The highest BCUT2D eigenvalue weighted by Crippen LogP contribution is 2.29. The fourth-order valence-corrected chi connectivity index (χ4v) is 2.95. The Kier molecular flexibility index (Phi) is 8.85. The number of amides is 2. The second-order valence-electron chi connectivity index (χ2n) is 6.94. The predicted octanol–water partition coefficient (Wildman–Crippen LogP) is 4.80. The van der Waals surface area contributed by atoms with Crippen molar-refractivity contribution in [2.45, 2.75) is 20.0 Å². The van der Waals surface area contributed by atoms with E-state index in [1.807, 2.05) is 37.3 Å². The monoisotopic (exact) mass is 465 g/mol. The van der Waals surface area contributed by atoms with Gasteiger partial charge in [0, 0.05) is 10.7 Å². The highest BCUT2D eigenvalue weighted by molar-refractivity contribution is 6.30. The van der Waals surface area contributed by atoms with Gasteiger partial charge in [-0.1, -0.05) is 41.9 Å². The molecule has 0 spiro atoms. The summed E-state index contributed by atoms with van der Waals surface area (Å²) < 4.78 is 11.6. The van der Waals surface area contributed by atoms with Crippen molar-refractivity contribution < 1.29 is 19.1 Å². The minimum atomic E-state index is -0.521. The van der Waals surface area contributed by atoms with Crippen molar-refractivity contribution in [3.8, 4) is 11.5 Å². The third-order valence-corrected chi connectivity index (χ3v) is 4.61. The van der Waals surface area contributed by atoms with Crippen molar-refractivity contribution >= 4 is 35.3 Å². The Morgan fingerprint density at radius 1 is 0.939 bits per heavy atom. The molecule has 0 atom stereocenters. The molecular weight excluding hydrogens is 442 g/mol. The van der Waals surface area contributed by atoms with Gasteiger partial charge in [0.05, 0.1) is 12.8 Å². The fourth-order valence-electron chi connectivity index (χ4n) is 2.83. The van der Waals surface area contributed by atoms with Crippen molar-refractivity contribution in [2.75, 3.05) is 11.9 Å². The molecule has 0 aliphatic heterocycles. The summed E-state index contributed by atoms with van der Waals surface area (Å²) in [6.45, 7) is 2.71. The maximum absolute atomic E-state index is 12.0. The number of rotatable bonds is 10. The molecular formula is C25H24ClN3O4. The summed E-state index contributed by atoms with van der Waals surface area (Å²) in [6, 6.07) is 21.7. The van der Waals surface area contributed by atoms with Crippen molar-refractivity contribution in [1.29, 1.82) is 0 Å². The summed E-state index contributed by atoms with van der Waals surface area (Å²) in [4.78, 5) is 23.9. The number of para-hydroxylation sites is 1. The number of carbonyl (C=O) groups is 2. The first kappa shape index (κ1) is 23.8. The van der Waals surface area contributed by atoms with Gasteiger partial charge in [-0.3, -0.25) is 9.59 Å². The Morgan fingerprint density at radius 2 is 1.70 bits per heavy atom. The Bertz CT molecular complexity index is 1100. The number of hydrogen-bond acceptors (Lipinski definition) is 5. The molecule has 0 aliphatic rings. The standard InChI is InChI=1S/C25H24ClN3O4/c1-2-32-23-14-19(10-13-22(23)33-17-18-8-11-20(26)12-9-18)16-27-29-25(31)15-24(30)28-21-6-4-3-5-7-21/h3-14,16H,2,15,17H2,1H3,(H,28,30)(H,29,31). The van der Waals surface area contributed by atoms with Crippen LogP contribution in [0.3, 0.4) is 0 Å². The maximum atomic E-state index is 12.0.